The van der Waals surface area contributed by atoms with Crippen LogP contribution in [-0.4, -0.2) is 91.5 Å². The number of hydrogen-bond acceptors (Lipinski definition) is 14. The van der Waals surface area contributed by atoms with E-state index in [4.69, 9.17) is 29.8 Å². The molecule has 0 bridgehead atoms. The van der Waals surface area contributed by atoms with Crippen LogP contribution in [0, 0.1) is 11.3 Å². The van der Waals surface area contributed by atoms with Crippen molar-refractivity contribution in [1.82, 2.24) is 39.0 Å². The van der Waals surface area contributed by atoms with Crippen LogP contribution < -0.4 is 11.5 Å². The lowest BCUT2D eigenvalue weighted by atomic mass is 10.0. The summed E-state index contributed by atoms with van der Waals surface area (Å²) < 4.78 is 79.4. The van der Waals surface area contributed by atoms with Crippen molar-refractivity contribution in [2.45, 2.75) is 49.7 Å². The lowest BCUT2D eigenvalue weighted by Crippen LogP contribution is -2.35. The highest BCUT2D eigenvalue weighted by atomic mass is 31.2. The van der Waals surface area contributed by atoms with Crippen LogP contribution in [0.1, 0.15) is 25.1 Å². The fourth-order valence-corrected chi connectivity index (χ4v) is 7.81. The quantitative estimate of drug-likeness (QED) is 0.147. The first kappa shape index (κ1) is 30.4. The van der Waals surface area contributed by atoms with Gasteiger partial charge < -0.3 is 35.5 Å². The number of imidazole rings is 2. The summed E-state index contributed by atoms with van der Waals surface area (Å²) in [5.74, 6) is -0.524. The number of rotatable bonds is 10. The Kier molecular flexibility index (Phi) is 7.19. The maximum absolute atomic E-state index is 16.2. The fraction of sp³-hybridized carbons (Fsp3) is 0.545. The molecule has 1 unspecified atom stereocenters. The number of phosphoric ester groups is 2. The minimum absolute atomic E-state index is 0.0469. The summed E-state index contributed by atoms with van der Waals surface area (Å²) in [4.78, 5) is 53.4. The molecule has 3 fully saturated rings. The normalized spacial score (nSPS) is 32.7. The standard InChI is InChI=1S/C22H26F2N10O9P2/c23-11-1-9(42-21(11)34-8-32-14-18(26)28-6-30-20(14)34)3-40-45(38,39)43-16-12(24)15(10-2-22(10,16)4-41-44(35,36)37)33-7-31-13-17(25)27-5-29-19(13)33/h5-12,15-16,21H,1-4H2,(H,38,39)(H2,25,27,29)(H2,26,28,30)(H2,35,36,37)/t9-,10+,11+,12-,15+,16-,21+,22+/m0/s1. The smallest absolute Gasteiger partial charge is 0.382 e. The molecule has 45 heavy (non-hydrogen) atoms. The molecule has 0 radical (unpaired) electrons. The molecule has 4 aromatic heterocycles. The van der Waals surface area contributed by atoms with E-state index in [9.17, 15) is 23.8 Å². The van der Waals surface area contributed by atoms with Crippen LogP contribution in [0.25, 0.3) is 22.3 Å². The van der Waals surface area contributed by atoms with Gasteiger partial charge in [0.05, 0.1) is 38.0 Å². The van der Waals surface area contributed by atoms with Gasteiger partial charge in [-0.3, -0.25) is 18.1 Å². The number of aromatic nitrogens is 8. The van der Waals surface area contributed by atoms with Crippen molar-refractivity contribution < 1.29 is 50.9 Å². The van der Waals surface area contributed by atoms with Crippen molar-refractivity contribution >= 4 is 49.6 Å². The van der Waals surface area contributed by atoms with Crippen molar-refractivity contribution in [2.24, 2.45) is 11.3 Å². The zero-order chi connectivity index (χ0) is 31.9. The highest BCUT2D eigenvalue weighted by molar-refractivity contribution is 7.47. The van der Waals surface area contributed by atoms with Crippen molar-refractivity contribution in [2.75, 3.05) is 24.7 Å². The summed E-state index contributed by atoms with van der Waals surface area (Å²) >= 11 is 0. The van der Waals surface area contributed by atoms with E-state index in [0.29, 0.717) is 0 Å². The lowest BCUT2D eigenvalue weighted by molar-refractivity contribution is -0.0434. The third kappa shape index (κ3) is 5.27. The monoisotopic (exact) mass is 674 g/mol. The average molecular weight is 674 g/mol. The molecule has 4 aromatic rings. The number of fused-ring (bicyclic) bond motifs is 3. The highest BCUT2D eigenvalue weighted by Gasteiger charge is 2.74. The van der Waals surface area contributed by atoms with E-state index >= 15 is 8.78 Å². The molecule has 7 rings (SSSR count). The average Bonchev–Trinajstić information content (AvgIpc) is 3.31. The molecule has 1 aliphatic heterocycles. The van der Waals surface area contributed by atoms with Crippen molar-refractivity contribution in [3.63, 3.8) is 0 Å². The van der Waals surface area contributed by atoms with Crippen molar-refractivity contribution in [3.05, 3.63) is 25.3 Å². The summed E-state index contributed by atoms with van der Waals surface area (Å²) in [6, 6.07) is -1.08. The Balaban J connectivity index is 1.08. The number of anilines is 2. The Labute approximate surface area is 250 Å². The maximum Gasteiger partial charge on any atom is 0.472 e. The number of nitrogens with zero attached hydrogens (tertiary/aromatic N) is 8. The van der Waals surface area contributed by atoms with Gasteiger partial charge in [-0.05, 0) is 12.3 Å². The second kappa shape index (κ2) is 10.6. The Morgan fingerprint density at radius 3 is 2.22 bits per heavy atom. The van der Waals surface area contributed by atoms with Crippen molar-refractivity contribution in [1.29, 1.82) is 0 Å². The van der Waals surface area contributed by atoms with Gasteiger partial charge in [-0.15, -0.1) is 0 Å². The first-order chi connectivity index (χ1) is 21.3. The zero-order valence-corrected chi connectivity index (χ0v) is 24.6. The van der Waals surface area contributed by atoms with Gasteiger partial charge in [-0.2, -0.15) is 0 Å². The number of halogens is 2. The molecule has 3 aliphatic rings. The van der Waals surface area contributed by atoms with E-state index in [2.05, 4.69) is 29.9 Å². The van der Waals surface area contributed by atoms with E-state index in [-0.39, 0.29) is 46.8 Å². The number of nitrogen functional groups attached to an aromatic ring is 2. The minimum Gasteiger partial charge on any atom is -0.382 e. The molecule has 7 N–H and O–H groups in total. The molecular weight excluding hydrogens is 648 g/mol. The molecule has 0 spiro atoms. The third-order valence-electron chi connectivity index (χ3n) is 8.44. The first-order valence-corrected chi connectivity index (χ1v) is 16.5. The summed E-state index contributed by atoms with van der Waals surface area (Å²) in [6.45, 7) is -1.30. The second-order valence-corrected chi connectivity index (χ2v) is 13.7. The summed E-state index contributed by atoms with van der Waals surface area (Å²) in [7, 11) is -10.1. The van der Waals surface area contributed by atoms with Gasteiger partial charge in [0.1, 0.15) is 42.1 Å². The topological polar surface area (TPSA) is 271 Å². The Morgan fingerprint density at radius 2 is 1.58 bits per heavy atom. The molecule has 23 heteroatoms. The predicted molar refractivity (Wildman–Crippen MR) is 146 cm³/mol. The Bertz CT molecular complexity index is 1880. The molecule has 0 aromatic carbocycles. The number of phosphoric acid groups is 2. The summed E-state index contributed by atoms with van der Waals surface area (Å²) in [5, 5.41) is 0. The molecule has 242 valence electrons. The highest BCUT2D eigenvalue weighted by Crippen LogP contribution is 2.72. The van der Waals surface area contributed by atoms with E-state index in [1.165, 1.54) is 28.1 Å². The van der Waals surface area contributed by atoms with Gasteiger partial charge in [-0.1, -0.05) is 0 Å². The second-order valence-electron chi connectivity index (χ2n) is 11.1. The molecule has 19 nitrogen and oxygen atoms in total. The molecule has 1 saturated heterocycles. The van der Waals surface area contributed by atoms with Crippen LogP contribution in [-0.2, 0) is 27.4 Å². The minimum atomic E-state index is -5.07. The van der Waals surface area contributed by atoms with Crippen LogP contribution in [0.5, 0.6) is 0 Å². The molecule has 0 amide bonds. The molecule has 9 atom stereocenters. The summed E-state index contributed by atoms with van der Waals surface area (Å²) in [5.41, 5.74) is 11.1. The van der Waals surface area contributed by atoms with Gasteiger partial charge in [-0.25, -0.2) is 47.8 Å². The Hall–Kier alpha value is -3.26. The maximum atomic E-state index is 16.2. The fourth-order valence-electron chi connectivity index (χ4n) is 6.37. The van der Waals surface area contributed by atoms with Crippen LogP contribution in [0.2, 0.25) is 0 Å². The van der Waals surface area contributed by atoms with Crippen LogP contribution in [0.15, 0.2) is 25.3 Å². The molecule has 2 aliphatic carbocycles. The van der Waals surface area contributed by atoms with Crippen molar-refractivity contribution in [3.8, 4) is 0 Å². The van der Waals surface area contributed by atoms with Gasteiger partial charge >= 0.3 is 15.6 Å². The third-order valence-corrected chi connectivity index (χ3v) is 9.88. The lowest BCUT2D eigenvalue weighted by Gasteiger charge is -2.28. The predicted octanol–water partition coefficient (Wildman–Crippen LogP) is 0.967. The molecular formula is C22H26F2N10O9P2. The van der Waals surface area contributed by atoms with Crippen LogP contribution >= 0.6 is 15.6 Å². The first-order valence-electron chi connectivity index (χ1n) is 13.4. The zero-order valence-electron chi connectivity index (χ0n) is 22.9. The van der Waals surface area contributed by atoms with E-state index in [1.54, 1.807) is 0 Å². The largest absolute Gasteiger partial charge is 0.472 e. The molecule has 5 heterocycles. The van der Waals surface area contributed by atoms with Gasteiger partial charge in [0.25, 0.3) is 0 Å². The Morgan fingerprint density at radius 1 is 0.956 bits per heavy atom. The van der Waals surface area contributed by atoms with Gasteiger partial charge in [0.2, 0.25) is 0 Å². The SMILES string of the molecule is Nc1ncnc2c1ncn2[C@H]1[C@H](F)[C@H](OP(=O)(O)OC[C@@H]2C[C@@H](F)[C@H](n3cnc4c(N)ncnc43)O2)[C@@]2(COP(=O)(O)O)C[C@H]12. The number of alkyl halides is 2. The number of nitrogens with two attached hydrogens (primary N) is 2. The van der Waals surface area contributed by atoms with Gasteiger partial charge in [0, 0.05) is 11.8 Å². The van der Waals surface area contributed by atoms with Gasteiger partial charge in [0.15, 0.2) is 29.2 Å². The van der Waals surface area contributed by atoms with E-state index in [1.807, 2.05) is 0 Å². The van der Waals surface area contributed by atoms with E-state index in [0.717, 1.165) is 6.33 Å². The number of ether oxygens (including phenoxy) is 1. The number of hydrogen-bond donors (Lipinski definition) is 5. The van der Waals surface area contributed by atoms with Crippen LogP contribution in [0.3, 0.4) is 0 Å². The molecule has 2 saturated carbocycles. The van der Waals surface area contributed by atoms with E-state index < -0.39 is 77.0 Å². The summed E-state index contributed by atoms with van der Waals surface area (Å²) in [6.07, 6.45) is -2.73. The van der Waals surface area contributed by atoms with Crippen LogP contribution in [0.4, 0.5) is 20.4 Å².